The average molecular weight is 810 g/mol. The predicted octanol–water partition coefficient (Wildman–Crippen LogP) is 11.6. The number of nitrogens with zero attached hydrogens (tertiary/aromatic N) is 3. The van der Waals surface area contributed by atoms with E-state index in [-0.39, 0.29) is 20.1 Å². The summed E-state index contributed by atoms with van der Waals surface area (Å²) in [7, 11) is 0. The van der Waals surface area contributed by atoms with Crippen molar-refractivity contribution < 1.29 is 20.1 Å². The van der Waals surface area contributed by atoms with Gasteiger partial charge < -0.3 is 9.38 Å². The molecule has 0 fully saturated rings. The number of rotatable bonds is 2. The van der Waals surface area contributed by atoms with E-state index in [1.165, 1.54) is 37.9 Å². The summed E-state index contributed by atoms with van der Waals surface area (Å²) in [5.41, 5.74) is 7.74. The van der Waals surface area contributed by atoms with Crippen molar-refractivity contribution in [1.29, 1.82) is 0 Å². The Bertz CT molecular complexity index is 2620. The average Bonchev–Trinajstić information content (AvgIpc) is 3.51. The Hall–Kier alpha value is -5.15. The molecule has 0 aliphatic heterocycles. The molecule has 3 heterocycles. The summed E-state index contributed by atoms with van der Waals surface area (Å²) >= 11 is 0. The van der Waals surface area contributed by atoms with E-state index < -0.39 is 0 Å². The Balaban J connectivity index is 0.000000180. The van der Waals surface area contributed by atoms with Gasteiger partial charge in [0, 0.05) is 31.8 Å². The molecule has 0 amide bonds. The Labute approximate surface area is 300 Å². The van der Waals surface area contributed by atoms with E-state index in [0.29, 0.717) is 5.41 Å². The van der Waals surface area contributed by atoms with Crippen LogP contribution in [0.15, 0.2) is 146 Å². The fraction of sp³-hybridized carbons (Fsp3) is 0.111. The van der Waals surface area contributed by atoms with E-state index in [2.05, 4.69) is 145 Å². The van der Waals surface area contributed by atoms with Crippen LogP contribution in [0.2, 0.25) is 0 Å². The number of aromatic nitrogens is 3. The van der Waals surface area contributed by atoms with Crippen LogP contribution in [-0.2, 0) is 26.5 Å². The van der Waals surface area contributed by atoms with Crippen LogP contribution in [-0.4, -0.2) is 14.4 Å². The molecule has 49 heavy (non-hydrogen) atoms. The van der Waals surface area contributed by atoms with Crippen LogP contribution in [0.25, 0.3) is 71.2 Å². The SMILES string of the molecule is CC(C)(C)Cc1ccc(-c2[c-]cccc2)nc1.[Ir].[c-]1ccc2cc1c1nc3ccccc3n1c1cccc(c1)c1ccc3cccc2c3c1. The van der Waals surface area contributed by atoms with Gasteiger partial charge >= 0.3 is 0 Å². The molecule has 6 aromatic carbocycles. The molecule has 3 aromatic heterocycles. The van der Waals surface area contributed by atoms with E-state index in [4.69, 9.17) is 4.98 Å². The molecule has 9 aromatic rings. The second-order valence-electron chi connectivity index (χ2n) is 13.6. The second-order valence-corrected chi connectivity index (χ2v) is 13.6. The van der Waals surface area contributed by atoms with Gasteiger partial charge in [-0.3, -0.25) is 4.98 Å². The molecule has 9 rings (SSSR count). The first-order chi connectivity index (χ1) is 23.4. The van der Waals surface area contributed by atoms with Gasteiger partial charge in [0.1, 0.15) is 0 Å². The first-order valence-corrected chi connectivity index (χ1v) is 16.5. The van der Waals surface area contributed by atoms with Crippen LogP contribution in [0.5, 0.6) is 0 Å². The van der Waals surface area contributed by atoms with Gasteiger partial charge in [0.05, 0.1) is 16.7 Å². The minimum atomic E-state index is 0. The number of fused-ring (bicyclic) bond motifs is 12. The predicted molar refractivity (Wildman–Crippen MR) is 202 cm³/mol. The largest absolute Gasteiger partial charge is 0.333 e. The van der Waals surface area contributed by atoms with E-state index in [9.17, 15) is 0 Å². The molecule has 6 bridgehead atoms. The van der Waals surface area contributed by atoms with Gasteiger partial charge in [-0.2, -0.15) is 0 Å². The van der Waals surface area contributed by atoms with Gasteiger partial charge in [-0.25, -0.2) is 0 Å². The zero-order valence-electron chi connectivity index (χ0n) is 27.7. The maximum Gasteiger partial charge on any atom is 0.0774 e. The van der Waals surface area contributed by atoms with Gasteiger partial charge in [0.15, 0.2) is 0 Å². The van der Waals surface area contributed by atoms with E-state index >= 15 is 0 Å². The number of imidazole rings is 1. The third-order valence-electron chi connectivity index (χ3n) is 8.78. The minimum absolute atomic E-state index is 0. The van der Waals surface area contributed by atoms with Crippen molar-refractivity contribution in [1.82, 2.24) is 14.4 Å². The Kier molecular flexibility index (Phi) is 8.86. The molecule has 241 valence electrons. The normalized spacial score (nSPS) is 11.5. The zero-order valence-corrected chi connectivity index (χ0v) is 30.1. The smallest absolute Gasteiger partial charge is 0.0774 e. The van der Waals surface area contributed by atoms with Crippen molar-refractivity contribution in [3.05, 3.63) is 163 Å². The van der Waals surface area contributed by atoms with Gasteiger partial charge in [-0.05, 0) is 80.4 Å². The standard InChI is InChI=1S/C29H17N2.C16H18N.Ir/c1-2-13-28-27(12-1)30-29-23-9-3-8-22(16-23)25-11-5-6-19-14-15-21(18-26(19)25)20-7-4-10-24(17-20)31(28)29;1-16(2,3)11-13-9-10-15(17-12-13)14-7-5-4-6-8-14;/h1-8,10-18H;4-7,9-10,12H,11H2,1-3H3;/q2*-1;. The van der Waals surface area contributed by atoms with Gasteiger partial charge in [0.25, 0.3) is 0 Å². The van der Waals surface area contributed by atoms with Gasteiger partial charge in [-0.15, -0.1) is 70.9 Å². The maximum absolute atomic E-state index is 5.02. The molecule has 0 unspecified atom stereocenters. The summed E-state index contributed by atoms with van der Waals surface area (Å²) in [6.45, 7) is 6.73. The third kappa shape index (κ3) is 6.63. The van der Waals surface area contributed by atoms with Crippen molar-refractivity contribution in [2.75, 3.05) is 0 Å². The minimum Gasteiger partial charge on any atom is -0.333 e. The topological polar surface area (TPSA) is 30.2 Å². The first kappa shape index (κ1) is 32.4. The fourth-order valence-electron chi connectivity index (χ4n) is 6.61. The van der Waals surface area contributed by atoms with Crippen LogP contribution < -0.4 is 0 Å². The molecule has 1 radical (unpaired) electrons. The summed E-state index contributed by atoms with van der Waals surface area (Å²) in [6.07, 6.45) is 3.03. The number of para-hydroxylation sites is 2. The van der Waals surface area contributed by atoms with Crippen molar-refractivity contribution in [3.63, 3.8) is 0 Å². The number of pyridine rings is 1. The summed E-state index contributed by atoms with van der Waals surface area (Å²) in [5.74, 6) is 0. The van der Waals surface area contributed by atoms with Crippen LogP contribution in [0.4, 0.5) is 0 Å². The Morgan fingerprint density at radius 2 is 1.43 bits per heavy atom. The molecule has 4 heteroatoms. The molecule has 0 saturated heterocycles. The molecule has 0 N–H and O–H groups in total. The van der Waals surface area contributed by atoms with Crippen molar-refractivity contribution in [3.8, 4) is 11.3 Å². The molecule has 0 saturated carbocycles. The first-order valence-electron chi connectivity index (χ1n) is 16.5. The Morgan fingerprint density at radius 3 is 2.24 bits per heavy atom. The number of hydrogen-bond acceptors (Lipinski definition) is 2. The van der Waals surface area contributed by atoms with Crippen LogP contribution >= 0.6 is 0 Å². The van der Waals surface area contributed by atoms with E-state index in [1.54, 1.807) is 0 Å². The van der Waals surface area contributed by atoms with Crippen LogP contribution in [0.3, 0.4) is 0 Å². The molecule has 3 nitrogen and oxygen atoms in total. The fourth-order valence-corrected chi connectivity index (χ4v) is 6.61. The molecular formula is C45H35IrN3-2. The molecular weight excluding hydrogens is 775 g/mol. The summed E-state index contributed by atoms with van der Waals surface area (Å²) in [5, 5.41) is 8.33. The van der Waals surface area contributed by atoms with E-state index in [1.807, 2.05) is 42.6 Å². The summed E-state index contributed by atoms with van der Waals surface area (Å²) in [6, 6.07) is 55.5. The number of benzene rings is 6. The monoisotopic (exact) mass is 810 g/mol. The van der Waals surface area contributed by atoms with Gasteiger partial charge in [-0.1, -0.05) is 87.5 Å². The molecule has 0 atom stereocenters. The maximum atomic E-state index is 5.02. The van der Waals surface area contributed by atoms with Crippen molar-refractivity contribution in [2.24, 2.45) is 5.41 Å². The quantitative estimate of drug-likeness (QED) is 0.163. The van der Waals surface area contributed by atoms with Crippen molar-refractivity contribution in [2.45, 2.75) is 27.2 Å². The summed E-state index contributed by atoms with van der Waals surface area (Å²) in [4.78, 5) is 9.52. The molecule has 0 aliphatic rings. The third-order valence-corrected chi connectivity index (χ3v) is 8.78. The van der Waals surface area contributed by atoms with Crippen molar-refractivity contribution >= 4 is 59.9 Å². The Morgan fingerprint density at radius 1 is 0.633 bits per heavy atom. The summed E-state index contributed by atoms with van der Waals surface area (Å²) < 4.78 is 2.25. The number of hydrogen-bond donors (Lipinski definition) is 0. The molecule has 0 aliphatic carbocycles. The van der Waals surface area contributed by atoms with Crippen LogP contribution in [0.1, 0.15) is 26.3 Å². The van der Waals surface area contributed by atoms with Crippen LogP contribution in [0, 0.1) is 17.5 Å². The van der Waals surface area contributed by atoms with Gasteiger partial charge in [0.2, 0.25) is 0 Å². The zero-order chi connectivity index (χ0) is 32.7. The molecule has 0 spiro atoms. The second kappa shape index (κ2) is 13.4. The van der Waals surface area contributed by atoms with E-state index in [0.717, 1.165) is 45.3 Å².